The molecule has 30 heavy (non-hydrogen) atoms. The number of nitrogens with one attached hydrogen (secondary N) is 1. The first kappa shape index (κ1) is 23.7. The van der Waals surface area contributed by atoms with E-state index in [2.05, 4.69) is 57.6 Å². The van der Waals surface area contributed by atoms with Crippen molar-refractivity contribution in [3.05, 3.63) is 78.5 Å². The molecule has 4 rings (SSSR count). The third-order valence-electron chi connectivity index (χ3n) is 4.56. The fourth-order valence-corrected chi connectivity index (χ4v) is 3.19. The van der Waals surface area contributed by atoms with Crippen LogP contribution in [-0.4, -0.2) is 35.1 Å². The van der Waals surface area contributed by atoms with E-state index < -0.39 is 0 Å². The van der Waals surface area contributed by atoms with Crippen molar-refractivity contribution in [2.24, 2.45) is 0 Å². The monoisotopic (exact) mass is 444 g/mol. The van der Waals surface area contributed by atoms with Crippen LogP contribution in [0.25, 0.3) is 11.3 Å². The van der Waals surface area contributed by atoms with Gasteiger partial charge in [0.2, 0.25) is 5.95 Å². The first-order valence-electron chi connectivity index (χ1n) is 9.52. The van der Waals surface area contributed by atoms with Crippen LogP contribution in [0.1, 0.15) is 12.0 Å². The molecule has 7 heteroatoms. The number of likely N-dealkylation sites (N-methyl/N-ethyl adjacent to an activating group) is 1. The molecule has 0 saturated carbocycles. The summed E-state index contributed by atoms with van der Waals surface area (Å²) in [6.45, 7) is 2.43. The van der Waals surface area contributed by atoms with E-state index in [-0.39, 0.29) is 24.8 Å². The van der Waals surface area contributed by atoms with Crippen molar-refractivity contribution in [3.63, 3.8) is 0 Å². The van der Waals surface area contributed by atoms with Crippen LogP contribution in [0.3, 0.4) is 0 Å². The van der Waals surface area contributed by atoms with E-state index in [9.17, 15) is 0 Å². The van der Waals surface area contributed by atoms with Crippen molar-refractivity contribution in [3.8, 4) is 17.0 Å². The average Bonchev–Trinajstić information content (AvgIpc) is 2.71. The minimum absolute atomic E-state index is 0. The first-order valence-corrected chi connectivity index (χ1v) is 9.52. The smallest absolute Gasteiger partial charge is 0.227 e. The number of hydrogen-bond acceptors (Lipinski definition) is 5. The molecular formula is C23H26Cl2N4O. The minimum atomic E-state index is 0. The summed E-state index contributed by atoms with van der Waals surface area (Å²) in [4.78, 5) is 11.3. The lowest BCUT2D eigenvalue weighted by molar-refractivity contribution is 0.324. The summed E-state index contributed by atoms with van der Waals surface area (Å²) in [7, 11) is 2.12. The second-order valence-corrected chi connectivity index (χ2v) is 6.92. The number of benzene rings is 2. The maximum absolute atomic E-state index is 5.90. The van der Waals surface area contributed by atoms with Crippen molar-refractivity contribution in [1.29, 1.82) is 0 Å². The second kappa shape index (κ2) is 11.6. The number of rotatable bonds is 0. The highest BCUT2D eigenvalue weighted by Gasteiger charge is 2.06. The second-order valence-electron chi connectivity index (χ2n) is 6.92. The molecule has 0 spiro atoms. The SMILES string of the molecule is CN1C/C=C/CCOc2cccc(c2)-c2ccnc(n2)Nc2cccc(c2)C1.Cl.Cl. The quantitative estimate of drug-likeness (QED) is 0.463. The molecule has 0 fully saturated rings. The summed E-state index contributed by atoms with van der Waals surface area (Å²) < 4.78 is 5.90. The molecule has 6 bridgehead atoms. The Morgan fingerprint density at radius 3 is 2.77 bits per heavy atom. The molecule has 0 amide bonds. The van der Waals surface area contributed by atoms with E-state index in [0.29, 0.717) is 12.6 Å². The lowest BCUT2D eigenvalue weighted by Gasteiger charge is -2.15. The van der Waals surface area contributed by atoms with Crippen molar-refractivity contribution in [2.75, 3.05) is 25.5 Å². The number of anilines is 2. The Labute approximate surface area is 190 Å². The Balaban J connectivity index is 0.00000160. The normalized spacial score (nSPS) is 15.1. The molecule has 1 aliphatic heterocycles. The largest absolute Gasteiger partial charge is 0.493 e. The number of nitrogens with zero attached hydrogens (tertiary/aromatic N) is 3. The number of aromatic nitrogens is 2. The van der Waals surface area contributed by atoms with Gasteiger partial charge in [0.05, 0.1) is 12.3 Å². The van der Waals surface area contributed by atoms with Crippen LogP contribution in [0.5, 0.6) is 5.75 Å². The summed E-state index contributed by atoms with van der Waals surface area (Å²) >= 11 is 0. The minimum Gasteiger partial charge on any atom is -0.493 e. The van der Waals surface area contributed by atoms with Gasteiger partial charge >= 0.3 is 0 Å². The van der Waals surface area contributed by atoms with Gasteiger partial charge in [0.25, 0.3) is 0 Å². The summed E-state index contributed by atoms with van der Waals surface area (Å²) in [6, 6.07) is 18.3. The number of hydrogen-bond donors (Lipinski definition) is 1. The van der Waals surface area contributed by atoms with Crippen LogP contribution >= 0.6 is 24.8 Å². The molecule has 5 nitrogen and oxygen atoms in total. The highest BCUT2D eigenvalue weighted by molar-refractivity contribution is 5.85. The Kier molecular flexibility index (Phi) is 9.12. The summed E-state index contributed by atoms with van der Waals surface area (Å²) in [5, 5.41) is 3.32. The zero-order valence-electron chi connectivity index (χ0n) is 16.8. The van der Waals surface area contributed by atoms with Crippen molar-refractivity contribution >= 4 is 36.4 Å². The molecule has 0 unspecified atom stereocenters. The molecule has 1 aromatic heterocycles. The molecule has 3 aromatic rings. The van der Waals surface area contributed by atoms with E-state index >= 15 is 0 Å². The standard InChI is InChI=1S/C23H24N4O.2ClH/c1-27-13-3-2-4-14-28-21-10-6-8-19(16-21)22-11-12-24-23(26-22)25-20-9-5-7-18(15-20)17-27;;/h2-3,5-12,15-16H,4,13-14,17H2,1H3,(H,24,25,26);2*1H/b3-2+;;. The van der Waals surface area contributed by atoms with Crippen molar-refractivity contribution < 1.29 is 4.74 Å². The van der Waals surface area contributed by atoms with E-state index in [1.807, 2.05) is 36.4 Å². The fourth-order valence-electron chi connectivity index (χ4n) is 3.19. The van der Waals surface area contributed by atoms with E-state index in [4.69, 9.17) is 4.74 Å². The summed E-state index contributed by atoms with van der Waals surface area (Å²) in [6.07, 6.45) is 7.04. The molecule has 1 N–H and O–H groups in total. The first-order chi connectivity index (χ1) is 13.8. The van der Waals surface area contributed by atoms with Gasteiger partial charge in [-0.15, -0.1) is 24.8 Å². The predicted molar refractivity (Wildman–Crippen MR) is 127 cm³/mol. The van der Waals surface area contributed by atoms with Gasteiger partial charge in [-0.1, -0.05) is 36.4 Å². The lowest BCUT2D eigenvalue weighted by atomic mass is 10.1. The van der Waals surface area contributed by atoms with Crippen LogP contribution in [0, 0.1) is 0 Å². The van der Waals surface area contributed by atoms with E-state index in [1.165, 1.54) is 5.56 Å². The Hall–Kier alpha value is -2.60. The zero-order chi connectivity index (χ0) is 19.2. The molecule has 2 heterocycles. The van der Waals surface area contributed by atoms with Crippen molar-refractivity contribution in [2.45, 2.75) is 13.0 Å². The van der Waals surface area contributed by atoms with Gasteiger partial charge in [-0.2, -0.15) is 0 Å². The van der Waals surface area contributed by atoms with Gasteiger partial charge in [-0.05, 0) is 49.4 Å². The highest BCUT2D eigenvalue weighted by atomic mass is 35.5. The maximum atomic E-state index is 5.90. The van der Waals surface area contributed by atoms with Gasteiger partial charge in [-0.3, -0.25) is 4.90 Å². The van der Waals surface area contributed by atoms with Crippen LogP contribution in [0.2, 0.25) is 0 Å². The summed E-state index contributed by atoms with van der Waals surface area (Å²) in [5.41, 5.74) is 4.10. The lowest BCUT2D eigenvalue weighted by Crippen LogP contribution is -2.17. The highest BCUT2D eigenvalue weighted by Crippen LogP contribution is 2.24. The zero-order valence-corrected chi connectivity index (χ0v) is 18.5. The topological polar surface area (TPSA) is 50.3 Å². The van der Waals surface area contributed by atoms with E-state index in [0.717, 1.165) is 42.2 Å². The van der Waals surface area contributed by atoms with E-state index in [1.54, 1.807) is 6.20 Å². The Morgan fingerprint density at radius 2 is 1.87 bits per heavy atom. The number of halogens is 2. The summed E-state index contributed by atoms with van der Waals surface area (Å²) in [5.74, 6) is 1.43. The Morgan fingerprint density at radius 1 is 1.00 bits per heavy atom. The number of ether oxygens (including phenoxy) is 1. The van der Waals surface area contributed by atoms with Gasteiger partial charge in [-0.25, -0.2) is 9.97 Å². The molecule has 158 valence electrons. The average molecular weight is 445 g/mol. The van der Waals surface area contributed by atoms with Crippen molar-refractivity contribution in [1.82, 2.24) is 14.9 Å². The van der Waals surface area contributed by atoms with Crippen LogP contribution in [0.15, 0.2) is 72.9 Å². The molecule has 2 aromatic carbocycles. The van der Waals surface area contributed by atoms with Gasteiger partial charge < -0.3 is 10.1 Å². The molecule has 0 radical (unpaired) electrons. The van der Waals surface area contributed by atoms with Crippen LogP contribution < -0.4 is 10.1 Å². The molecule has 0 atom stereocenters. The van der Waals surface area contributed by atoms with Crippen LogP contribution in [0.4, 0.5) is 11.6 Å². The van der Waals surface area contributed by atoms with Crippen LogP contribution in [-0.2, 0) is 6.54 Å². The third-order valence-corrected chi connectivity index (χ3v) is 4.56. The Bertz CT molecular complexity index is 981. The van der Waals surface area contributed by atoms with Gasteiger partial charge in [0, 0.05) is 30.5 Å². The van der Waals surface area contributed by atoms with Gasteiger partial charge in [0.1, 0.15) is 5.75 Å². The third kappa shape index (κ3) is 6.46. The molecular weight excluding hydrogens is 419 g/mol. The molecule has 0 aliphatic carbocycles. The predicted octanol–water partition coefficient (Wildman–Crippen LogP) is 5.50. The molecule has 0 saturated heterocycles. The maximum Gasteiger partial charge on any atom is 0.227 e. The molecule has 1 aliphatic rings. The fraction of sp³-hybridized carbons (Fsp3) is 0.217. The van der Waals surface area contributed by atoms with Gasteiger partial charge in [0.15, 0.2) is 0 Å². The number of fused-ring (bicyclic) bond motifs is 7.